The van der Waals surface area contributed by atoms with Gasteiger partial charge in [0.25, 0.3) is 5.69 Å². The maximum Gasteiger partial charge on any atom is 0.270 e. The first kappa shape index (κ1) is 20.6. The highest BCUT2D eigenvalue weighted by Gasteiger charge is 2.27. The van der Waals surface area contributed by atoms with E-state index in [4.69, 9.17) is 4.42 Å². The average molecular weight is 395 g/mol. The minimum atomic E-state index is -4.12. The summed E-state index contributed by atoms with van der Waals surface area (Å²) in [7, 11) is -4.12. The number of nitro benzene ring substituents is 1. The van der Waals surface area contributed by atoms with Crippen LogP contribution in [0, 0.1) is 16.0 Å². The number of amides is 1. The van der Waals surface area contributed by atoms with Gasteiger partial charge in [0.15, 0.2) is 0 Å². The molecule has 0 aliphatic heterocycles. The zero-order chi connectivity index (χ0) is 20.0. The van der Waals surface area contributed by atoms with Gasteiger partial charge in [-0.3, -0.25) is 14.9 Å². The maximum absolute atomic E-state index is 12.6. The highest BCUT2D eigenvalue weighted by molar-refractivity contribution is 7.89. The van der Waals surface area contributed by atoms with Crippen molar-refractivity contribution in [2.24, 2.45) is 5.92 Å². The molecule has 1 atom stereocenters. The zero-order valence-corrected chi connectivity index (χ0v) is 15.7. The molecule has 1 amide bonds. The van der Waals surface area contributed by atoms with Crippen LogP contribution in [0.2, 0.25) is 0 Å². The standard InChI is InChI=1S/C17H21N3O6S/c1-12(2)9-16(17(21)18-11-14-6-4-8-26-14)19-27(24,25)15-7-3-5-13(10-15)20(22)23/h3-8,10,12,16,19H,9,11H2,1-2H3,(H,18,21)/t16-/m0/s1. The summed E-state index contributed by atoms with van der Waals surface area (Å²) in [4.78, 5) is 22.4. The van der Waals surface area contributed by atoms with E-state index >= 15 is 0 Å². The van der Waals surface area contributed by atoms with Crippen molar-refractivity contribution in [1.29, 1.82) is 0 Å². The third-order valence-electron chi connectivity index (χ3n) is 3.68. The first-order chi connectivity index (χ1) is 12.7. The van der Waals surface area contributed by atoms with Crippen molar-refractivity contribution in [3.05, 3.63) is 58.5 Å². The number of benzene rings is 1. The molecule has 0 aliphatic carbocycles. The van der Waals surface area contributed by atoms with Crippen molar-refractivity contribution in [2.45, 2.75) is 37.8 Å². The predicted molar refractivity (Wildman–Crippen MR) is 97.2 cm³/mol. The van der Waals surface area contributed by atoms with Crippen LogP contribution in [0.15, 0.2) is 52.0 Å². The minimum Gasteiger partial charge on any atom is -0.467 e. The highest BCUT2D eigenvalue weighted by atomic mass is 32.2. The van der Waals surface area contributed by atoms with Crippen molar-refractivity contribution in [3.8, 4) is 0 Å². The zero-order valence-electron chi connectivity index (χ0n) is 14.9. The van der Waals surface area contributed by atoms with E-state index in [0.29, 0.717) is 5.76 Å². The van der Waals surface area contributed by atoms with Gasteiger partial charge in [0.2, 0.25) is 15.9 Å². The van der Waals surface area contributed by atoms with Gasteiger partial charge < -0.3 is 9.73 Å². The van der Waals surface area contributed by atoms with Crippen LogP contribution in [-0.2, 0) is 21.4 Å². The van der Waals surface area contributed by atoms with Crippen molar-refractivity contribution in [1.82, 2.24) is 10.0 Å². The third kappa shape index (κ3) is 5.90. The molecular weight excluding hydrogens is 374 g/mol. The molecule has 0 bridgehead atoms. The van der Waals surface area contributed by atoms with E-state index < -0.39 is 26.9 Å². The fourth-order valence-electron chi connectivity index (χ4n) is 2.41. The average Bonchev–Trinajstić information content (AvgIpc) is 3.12. The molecule has 2 rings (SSSR count). The number of nitrogens with one attached hydrogen (secondary N) is 2. The van der Waals surface area contributed by atoms with Crippen LogP contribution in [-0.4, -0.2) is 25.3 Å². The van der Waals surface area contributed by atoms with E-state index in [-0.39, 0.29) is 29.5 Å². The van der Waals surface area contributed by atoms with E-state index in [2.05, 4.69) is 10.0 Å². The van der Waals surface area contributed by atoms with Gasteiger partial charge in [0.05, 0.1) is 22.6 Å². The molecule has 146 valence electrons. The van der Waals surface area contributed by atoms with Gasteiger partial charge in [-0.05, 0) is 30.5 Å². The van der Waals surface area contributed by atoms with E-state index in [0.717, 1.165) is 6.07 Å². The summed E-state index contributed by atoms with van der Waals surface area (Å²) in [5, 5.41) is 13.5. The molecule has 27 heavy (non-hydrogen) atoms. The first-order valence-corrected chi connectivity index (χ1v) is 9.74. The van der Waals surface area contributed by atoms with Crippen molar-refractivity contribution in [3.63, 3.8) is 0 Å². The lowest BCUT2D eigenvalue weighted by molar-refractivity contribution is -0.385. The Bertz CT molecular complexity index is 893. The Balaban J connectivity index is 2.17. The number of hydrogen-bond acceptors (Lipinski definition) is 6. The van der Waals surface area contributed by atoms with E-state index in [9.17, 15) is 23.3 Å². The Morgan fingerprint density at radius 2 is 2.00 bits per heavy atom. The van der Waals surface area contributed by atoms with Gasteiger partial charge in [0, 0.05) is 12.1 Å². The Labute approximate surface area is 157 Å². The number of carbonyl (C=O) groups is 1. The molecular formula is C17H21N3O6S. The second kappa shape index (κ2) is 8.78. The van der Waals surface area contributed by atoms with Gasteiger partial charge in [-0.1, -0.05) is 19.9 Å². The predicted octanol–water partition coefficient (Wildman–Crippen LogP) is 2.20. The summed E-state index contributed by atoms with van der Waals surface area (Å²) in [6.45, 7) is 3.84. The molecule has 9 nitrogen and oxygen atoms in total. The molecule has 0 fully saturated rings. The van der Waals surface area contributed by atoms with Gasteiger partial charge in [-0.2, -0.15) is 4.72 Å². The van der Waals surface area contributed by atoms with Crippen LogP contribution in [0.1, 0.15) is 26.0 Å². The molecule has 0 unspecified atom stereocenters. The molecule has 1 aromatic heterocycles. The number of nitro groups is 1. The normalized spacial score (nSPS) is 12.7. The number of nitrogens with zero attached hydrogens (tertiary/aromatic N) is 1. The molecule has 10 heteroatoms. The first-order valence-electron chi connectivity index (χ1n) is 8.26. The van der Waals surface area contributed by atoms with Crippen LogP contribution in [0.5, 0.6) is 0 Å². The summed E-state index contributed by atoms with van der Waals surface area (Å²) in [6, 6.07) is 7.01. The fraction of sp³-hybridized carbons (Fsp3) is 0.353. The summed E-state index contributed by atoms with van der Waals surface area (Å²) >= 11 is 0. The molecule has 1 aromatic carbocycles. The van der Waals surface area contributed by atoms with Crippen LogP contribution < -0.4 is 10.0 Å². The molecule has 2 aromatic rings. The van der Waals surface area contributed by atoms with Gasteiger partial charge in [0.1, 0.15) is 11.8 Å². The van der Waals surface area contributed by atoms with E-state index in [1.54, 1.807) is 12.1 Å². The van der Waals surface area contributed by atoms with Crippen LogP contribution in [0.3, 0.4) is 0 Å². The summed E-state index contributed by atoms with van der Waals surface area (Å²) in [6.07, 6.45) is 1.73. The Morgan fingerprint density at radius 1 is 1.26 bits per heavy atom. The monoisotopic (exact) mass is 395 g/mol. The minimum absolute atomic E-state index is 0.0390. The molecule has 1 heterocycles. The molecule has 0 aliphatic rings. The largest absolute Gasteiger partial charge is 0.467 e. The fourth-order valence-corrected chi connectivity index (χ4v) is 3.66. The maximum atomic E-state index is 12.6. The molecule has 0 spiro atoms. The van der Waals surface area contributed by atoms with Crippen molar-refractivity contribution >= 4 is 21.6 Å². The van der Waals surface area contributed by atoms with Crippen LogP contribution in [0.4, 0.5) is 5.69 Å². The second-order valence-electron chi connectivity index (χ2n) is 6.36. The number of non-ortho nitro benzene ring substituents is 1. The van der Waals surface area contributed by atoms with E-state index in [1.165, 1.54) is 24.5 Å². The van der Waals surface area contributed by atoms with E-state index in [1.807, 2.05) is 13.8 Å². The molecule has 0 saturated carbocycles. The summed E-state index contributed by atoms with van der Waals surface area (Å²) < 4.78 is 32.7. The lowest BCUT2D eigenvalue weighted by Gasteiger charge is -2.20. The highest BCUT2D eigenvalue weighted by Crippen LogP contribution is 2.18. The number of furan rings is 1. The van der Waals surface area contributed by atoms with Crippen molar-refractivity contribution < 1.29 is 22.6 Å². The third-order valence-corrected chi connectivity index (χ3v) is 5.15. The van der Waals surface area contributed by atoms with Gasteiger partial charge in [-0.15, -0.1) is 0 Å². The van der Waals surface area contributed by atoms with Gasteiger partial charge in [-0.25, -0.2) is 8.42 Å². The quantitative estimate of drug-likeness (QED) is 0.494. The lowest BCUT2D eigenvalue weighted by atomic mass is 10.0. The molecule has 0 saturated heterocycles. The summed E-state index contributed by atoms with van der Waals surface area (Å²) in [5.74, 6) is 0.0690. The van der Waals surface area contributed by atoms with Crippen LogP contribution in [0.25, 0.3) is 0 Å². The SMILES string of the molecule is CC(C)C[C@H](NS(=O)(=O)c1cccc([N+](=O)[O-])c1)C(=O)NCc1ccco1. The van der Waals surface area contributed by atoms with Crippen LogP contribution >= 0.6 is 0 Å². The van der Waals surface area contributed by atoms with Gasteiger partial charge >= 0.3 is 0 Å². The molecule has 2 N–H and O–H groups in total. The number of sulfonamides is 1. The Kier molecular flexibility index (Phi) is 6.70. The smallest absolute Gasteiger partial charge is 0.270 e. The Hall–Kier alpha value is -2.72. The number of carbonyl (C=O) groups excluding carboxylic acids is 1. The Morgan fingerprint density at radius 3 is 2.59 bits per heavy atom. The number of hydrogen-bond donors (Lipinski definition) is 2. The molecule has 0 radical (unpaired) electrons. The van der Waals surface area contributed by atoms with Crippen molar-refractivity contribution in [2.75, 3.05) is 0 Å². The second-order valence-corrected chi connectivity index (χ2v) is 8.07. The number of rotatable bonds is 9. The topological polar surface area (TPSA) is 132 Å². The summed E-state index contributed by atoms with van der Waals surface area (Å²) in [5.41, 5.74) is -0.347. The lowest BCUT2D eigenvalue weighted by Crippen LogP contribution is -2.47.